The summed E-state index contributed by atoms with van der Waals surface area (Å²) >= 11 is 0. The molecule has 1 saturated carbocycles. The molecule has 2 aromatic heterocycles. The Kier molecular flexibility index (Phi) is 5.78. The molecule has 1 fully saturated rings. The van der Waals surface area contributed by atoms with Gasteiger partial charge in [-0.15, -0.1) is 0 Å². The summed E-state index contributed by atoms with van der Waals surface area (Å²) in [5.41, 5.74) is 15.7. The monoisotopic (exact) mass is 392 g/mol. The van der Waals surface area contributed by atoms with Crippen LogP contribution in [0, 0.1) is 0 Å². The SMILES string of the molecule is NC1C(NNC(=O)c2cncnc2)CCCC1Nc1cccc(-c2ccn[nH]2)c1. The number of carbonyl (C=O) groups is 1. The zero-order valence-corrected chi connectivity index (χ0v) is 15.9. The zero-order valence-electron chi connectivity index (χ0n) is 15.9. The van der Waals surface area contributed by atoms with Crippen molar-refractivity contribution < 1.29 is 4.79 Å². The van der Waals surface area contributed by atoms with Gasteiger partial charge < -0.3 is 11.1 Å². The van der Waals surface area contributed by atoms with Gasteiger partial charge >= 0.3 is 0 Å². The van der Waals surface area contributed by atoms with Gasteiger partial charge in [0.2, 0.25) is 0 Å². The average Bonchev–Trinajstić information content (AvgIpc) is 3.30. The Hall–Kier alpha value is -3.30. The molecule has 4 rings (SSSR count). The highest BCUT2D eigenvalue weighted by atomic mass is 16.2. The fraction of sp³-hybridized carbons (Fsp3) is 0.300. The number of carbonyl (C=O) groups excluding carboxylic acids is 1. The first-order chi connectivity index (χ1) is 14.2. The van der Waals surface area contributed by atoms with Gasteiger partial charge in [-0.3, -0.25) is 15.3 Å². The Labute approximate surface area is 168 Å². The van der Waals surface area contributed by atoms with E-state index >= 15 is 0 Å². The molecule has 9 nitrogen and oxygen atoms in total. The van der Waals surface area contributed by atoms with Crippen molar-refractivity contribution in [2.45, 2.75) is 37.4 Å². The minimum Gasteiger partial charge on any atom is -0.381 e. The molecular weight excluding hydrogens is 368 g/mol. The molecule has 0 spiro atoms. The first-order valence-electron chi connectivity index (χ1n) is 9.63. The molecule has 1 aliphatic rings. The normalized spacial score (nSPS) is 21.5. The van der Waals surface area contributed by atoms with Gasteiger partial charge in [-0.1, -0.05) is 12.1 Å². The lowest BCUT2D eigenvalue weighted by Crippen LogP contribution is -2.60. The minimum absolute atomic E-state index is 0.0365. The van der Waals surface area contributed by atoms with E-state index in [9.17, 15) is 4.79 Å². The summed E-state index contributed by atoms with van der Waals surface area (Å²) in [4.78, 5) is 19.9. The number of rotatable bonds is 6. The lowest BCUT2D eigenvalue weighted by atomic mass is 9.86. The van der Waals surface area contributed by atoms with Crippen molar-refractivity contribution in [1.82, 2.24) is 31.0 Å². The van der Waals surface area contributed by atoms with E-state index in [2.05, 4.69) is 42.4 Å². The molecule has 6 N–H and O–H groups in total. The fourth-order valence-electron chi connectivity index (χ4n) is 3.61. The van der Waals surface area contributed by atoms with Crippen molar-refractivity contribution in [1.29, 1.82) is 0 Å². The van der Waals surface area contributed by atoms with E-state index in [1.165, 1.54) is 18.7 Å². The number of nitrogens with two attached hydrogens (primary N) is 1. The van der Waals surface area contributed by atoms with Gasteiger partial charge in [-0.05, 0) is 37.5 Å². The van der Waals surface area contributed by atoms with Crippen molar-refractivity contribution in [2.24, 2.45) is 5.73 Å². The Balaban J connectivity index is 1.37. The van der Waals surface area contributed by atoms with Crippen molar-refractivity contribution in [3.8, 4) is 11.3 Å². The van der Waals surface area contributed by atoms with Gasteiger partial charge in [0.05, 0.1) is 11.3 Å². The molecule has 0 aliphatic heterocycles. The predicted molar refractivity (Wildman–Crippen MR) is 110 cm³/mol. The van der Waals surface area contributed by atoms with E-state index in [1.807, 2.05) is 24.3 Å². The molecule has 3 aromatic rings. The van der Waals surface area contributed by atoms with E-state index in [4.69, 9.17) is 5.73 Å². The molecule has 1 aliphatic carbocycles. The van der Waals surface area contributed by atoms with E-state index in [0.717, 1.165) is 36.2 Å². The van der Waals surface area contributed by atoms with Crippen LogP contribution in [-0.4, -0.2) is 44.2 Å². The van der Waals surface area contributed by atoms with Gasteiger partial charge in [0, 0.05) is 48.0 Å². The van der Waals surface area contributed by atoms with Gasteiger partial charge in [-0.2, -0.15) is 5.10 Å². The third kappa shape index (κ3) is 4.58. The number of amides is 1. The number of H-pyrrole nitrogens is 1. The largest absolute Gasteiger partial charge is 0.381 e. The van der Waals surface area contributed by atoms with E-state index in [1.54, 1.807) is 6.20 Å². The number of nitrogens with one attached hydrogen (secondary N) is 4. The third-order valence-electron chi connectivity index (χ3n) is 5.18. The van der Waals surface area contributed by atoms with E-state index in [-0.39, 0.29) is 24.0 Å². The number of aromatic amines is 1. The summed E-state index contributed by atoms with van der Waals surface area (Å²) in [6.45, 7) is 0. The predicted octanol–water partition coefficient (Wildman–Crippen LogP) is 1.46. The summed E-state index contributed by atoms with van der Waals surface area (Å²) in [7, 11) is 0. The molecule has 3 atom stereocenters. The molecule has 2 heterocycles. The highest BCUT2D eigenvalue weighted by molar-refractivity contribution is 5.93. The maximum Gasteiger partial charge on any atom is 0.268 e. The van der Waals surface area contributed by atoms with Crippen molar-refractivity contribution in [3.05, 3.63) is 60.8 Å². The van der Waals surface area contributed by atoms with Crippen LogP contribution < -0.4 is 21.9 Å². The average molecular weight is 392 g/mol. The topological polar surface area (TPSA) is 134 Å². The number of hydrogen-bond donors (Lipinski definition) is 5. The molecule has 0 bridgehead atoms. The molecular formula is C20H24N8O. The summed E-state index contributed by atoms with van der Waals surface area (Å²) in [5, 5.41) is 10.5. The number of anilines is 1. The molecule has 1 amide bonds. The molecule has 0 saturated heterocycles. The summed E-state index contributed by atoms with van der Waals surface area (Å²) in [5.74, 6) is -0.278. The zero-order chi connectivity index (χ0) is 20.1. The van der Waals surface area contributed by atoms with Crippen LogP contribution in [0.25, 0.3) is 11.3 Å². The van der Waals surface area contributed by atoms with E-state index < -0.39 is 0 Å². The lowest BCUT2D eigenvalue weighted by molar-refractivity contribution is 0.0915. The first-order valence-corrected chi connectivity index (χ1v) is 9.63. The number of benzene rings is 1. The minimum atomic E-state index is -0.278. The fourth-order valence-corrected chi connectivity index (χ4v) is 3.61. The number of hydrazine groups is 1. The molecule has 3 unspecified atom stereocenters. The second-order valence-corrected chi connectivity index (χ2v) is 7.14. The Morgan fingerprint density at radius 2 is 1.97 bits per heavy atom. The highest BCUT2D eigenvalue weighted by Crippen LogP contribution is 2.25. The quantitative estimate of drug-likeness (QED) is 0.401. The second kappa shape index (κ2) is 8.80. The van der Waals surface area contributed by atoms with Crippen LogP contribution in [0.2, 0.25) is 0 Å². The smallest absolute Gasteiger partial charge is 0.268 e. The highest BCUT2D eigenvalue weighted by Gasteiger charge is 2.30. The van der Waals surface area contributed by atoms with E-state index in [0.29, 0.717) is 5.56 Å². The molecule has 29 heavy (non-hydrogen) atoms. The maximum atomic E-state index is 12.2. The van der Waals surface area contributed by atoms with Gasteiger partial charge in [0.25, 0.3) is 5.91 Å². The van der Waals surface area contributed by atoms with Crippen molar-refractivity contribution in [2.75, 3.05) is 5.32 Å². The molecule has 0 radical (unpaired) electrons. The van der Waals surface area contributed by atoms with Crippen LogP contribution >= 0.6 is 0 Å². The van der Waals surface area contributed by atoms with Gasteiger partial charge in [0.1, 0.15) is 6.33 Å². The summed E-state index contributed by atoms with van der Waals surface area (Å²) < 4.78 is 0. The number of nitrogens with zero attached hydrogens (tertiary/aromatic N) is 3. The number of hydrogen-bond acceptors (Lipinski definition) is 7. The van der Waals surface area contributed by atoms with Crippen LogP contribution in [0.4, 0.5) is 5.69 Å². The lowest BCUT2D eigenvalue weighted by Gasteiger charge is -2.37. The van der Waals surface area contributed by atoms with Crippen LogP contribution in [0.15, 0.2) is 55.2 Å². The van der Waals surface area contributed by atoms with Crippen LogP contribution in [0.5, 0.6) is 0 Å². The van der Waals surface area contributed by atoms with Crippen LogP contribution in [-0.2, 0) is 0 Å². The van der Waals surface area contributed by atoms with Gasteiger partial charge in [-0.25, -0.2) is 15.4 Å². The Bertz CT molecular complexity index is 931. The summed E-state index contributed by atoms with van der Waals surface area (Å²) in [6.07, 6.45) is 8.93. The Morgan fingerprint density at radius 1 is 1.14 bits per heavy atom. The van der Waals surface area contributed by atoms with Crippen molar-refractivity contribution in [3.63, 3.8) is 0 Å². The van der Waals surface area contributed by atoms with Crippen LogP contribution in [0.3, 0.4) is 0 Å². The molecule has 150 valence electrons. The van der Waals surface area contributed by atoms with Crippen molar-refractivity contribution >= 4 is 11.6 Å². The third-order valence-corrected chi connectivity index (χ3v) is 5.18. The standard InChI is InChI=1S/C20H24N8O/c21-19-17(25-15-4-1-3-13(9-15)16-7-8-24-26-16)5-2-6-18(19)27-28-20(29)14-10-22-12-23-11-14/h1,3-4,7-12,17-19,25,27H,2,5-6,21H2,(H,24,26)(H,28,29). The van der Waals surface area contributed by atoms with Gasteiger partial charge in [0.15, 0.2) is 0 Å². The van der Waals surface area contributed by atoms with Crippen LogP contribution in [0.1, 0.15) is 29.6 Å². The first kappa shape index (κ1) is 19.0. The number of aromatic nitrogens is 4. The molecule has 9 heteroatoms. The second-order valence-electron chi connectivity index (χ2n) is 7.14. The Morgan fingerprint density at radius 3 is 2.76 bits per heavy atom. The summed E-state index contributed by atoms with van der Waals surface area (Å²) in [6, 6.07) is 9.98. The maximum absolute atomic E-state index is 12.2. The molecule has 1 aromatic carbocycles.